The van der Waals surface area contributed by atoms with Gasteiger partial charge in [0.05, 0.1) is 8.95 Å². The zero-order valence-electron chi connectivity index (χ0n) is 21.4. The van der Waals surface area contributed by atoms with Gasteiger partial charge in [-0.15, -0.1) is 0 Å². The first-order valence-electron chi connectivity index (χ1n) is 11.1. The molecule has 2 rings (SSSR count). The second-order valence-corrected chi connectivity index (χ2v) is 13.0. The Morgan fingerprint density at radius 3 is 1.76 bits per heavy atom. The topological polar surface area (TPSA) is 210 Å². The van der Waals surface area contributed by atoms with Gasteiger partial charge < -0.3 is 34.9 Å². The minimum Gasteiger partial charge on any atom is -0.716 e. The molecular weight excluding hydrogens is 743 g/mol. The summed E-state index contributed by atoms with van der Waals surface area (Å²) in [6, 6.07) is 8.75. The van der Waals surface area contributed by atoms with Gasteiger partial charge in [-0.05, 0) is 67.3 Å². The van der Waals surface area contributed by atoms with Crippen molar-refractivity contribution in [3.05, 3.63) is 56.5 Å². The normalized spacial score (nSPS) is 11.9. The molecule has 0 aromatic heterocycles. The minimum atomic E-state index is -4.95. The summed E-state index contributed by atoms with van der Waals surface area (Å²) in [5.74, 6) is -0.231. The van der Waals surface area contributed by atoms with Crippen LogP contribution in [0.5, 0.6) is 11.5 Å². The first-order valence-corrected chi connectivity index (χ1v) is 16.5. The Morgan fingerprint density at radius 1 is 0.878 bits per heavy atom. The molecule has 218 valence electrons. The molecule has 5 N–H and O–H groups in total. The minimum absolute atomic E-state index is 0. The summed E-state index contributed by atoms with van der Waals surface area (Å²) < 4.78 is 37.1. The summed E-state index contributed by atoms with van der Waals surface area (Å²) in [5, 5.41) is 39.3. The monoisotopic (exact) mass is 764 g/mol. The smallest absolute Gasteiger partial charge is 0.716 e. The number of hydrogen-bond donors (Lipinski definition) is 5. The van der Waals surface area contributed by atoms with E-state index in [1.165, 1.54) is 45.9 Å². The Bertz CT molecular complexity index is 1380. The molecule has 2 aromatic carbocycles. The third-order valence-corrected chi connectivity index (χ3v) is 8.78. The molecule has 41 heavy (non-hydrogen) atoms. The zero-order valence-corrected chi connectivity index (χ0v) is 29.0. The van der Waals surface area contributed by atoms with E-state index in [0.717, 1.165) is 0 Å². The van der Waals surface area contributed by atoms with Gasteiger partial charge in [-0.2, -0.15) is 0 Å². The Balaban J connectivity index is 0.00000840. The summed E-state index contributed by atoms with van der Waals surface area (Å²) in [5.41, 5.74) is 0.898. The summed E-state index contributed by atoms with van der Waals surface area (Å²) in [6.07, 6.45) is 0.000763. The zero-order chi connectivity index (χ0) is 29.7. The van der Waals surface area contributed by atoms with Gasteiger partial charge in [-0.3, -0.25) is 9.59 Å². The molecule has 0 saturated carbocycles. The van der Waals surface area contributed by atoms with E-state index in [0.29, 0.717) is 33.7 Å². The summed E-state index contributed by atoms with van der Waals surface area (Å²) >= 11 is 6.26. The van der Waals surface area contributed by atoms with Crippen LogP contribution in [0.15, 0.2) is 55.7 Å². The predicted molar refractivity (Wildman–Crippen MR) is 157 cm³/mol. The van der Waals surface area contributed by atoms with Crippen LogP contribution in [0.2, 0.25) is 0 Å². The molecule has 0 heterocycles. The van der Waals surface area contributed by atoms with Gasteiger partial charge in [0.25, 0.3) is 22.2 Å². The van der Waals surface area contributed by atoms with Crippen LogP contribution >= 0.6 is 53.4 Å². The van der Waals surface area contributed by atoms with Crippen molar-refractivity contribution >= 4 is 87.1 Å². The molecule has 0 spiro atoms. The van der Waals surface area contributed by atoms with Gasteiger partial charge in [-0.1, -0.05) is 44.0 Å². The van der Waals surface area contributed by atoms with E-state index in [1.807, 2.05) is 0 Å². The van der Waals surface area contributed by atoms with Crippen LogP contribution in [-0.4, -0.2) is 76.3 Å². The molecule has 0 aliphatic rings. The van der Waals surface area contributed by atoms with E-state index in [4.69, 9.17) is 0 Å². The molecule has 0 aliphatic heterocycles. The molecule has 0 radical (unpaired) electrons. The van der Waals surface area contributed by atoms with Gasteiger partial charge >= 0.3 is 29.6 Å². The van der Waals surface area contributed by atoms with Crippen molar-refractivity contribution in [2.75, 3.05) is 24.6 Å². The number of phenols is 1. The third-order valence-electron chi connectivity index (χ3n) is 4.73. The van der Waals surface area contributed by atoms with Gasteiger partial charge in [0.2, 0.25) is 0 Å². The number of rotatable bonds is 15. The molecule has 2 aromatic rings. The molecule has 19 heteroatoms. The molecule has 0 saturated heterocycles. The standard InChI is InChI=1S/C22H24Br2N4O9S3.Na/c23-15-9-13(1-3-19(15)29)11-17(27-32)21(30)25-5-7-38-39-8-6-26-22(31)18(28-33)12-14-2-4-20(16(24)10-14)37-40(34,35)36;/h1-4,9-10,29,32-33H,5-8,11-12H2,(H,25,30)(H,26,31)(H,34,35,36);/q;+1/p-1/b27-17+,28-18-;. The van der Waals surface area contributed by atoms with Crippen LogP contribution in [0.1, 0.15) is 11.1 Å². The SMILES string of the molecule is O=C(NCCSSCCNC(=O)/C(Cc1ccc(O)c(Br)c1)=N/O)/C(Cc1ccc(OS(=O)(=O)[O-])c(Br)c1)=N\O.[Na+]. The van der Waals surface area contributed by atoms with Gasteiger partial charge in [0.1, 0.15) is 17.2 Å². The van der Waals surface area contributed by atoms with Gasteiger partial charge in [-0.25, -0.2) is 8.42 Å². The third kappa shape index (κ3) is 14.0. The predicted octanol–water partition coefficient (Wildman–Crippen LogP) is -0.180. The fraction of sp³-hybridized carbons (Fsp3) is 0.273. The molecular formula is C22H23Br2N4NaO9S3. The molecule has 0 bridgehead atoms. The molecule has 0 fully saturated rings. The van der Waals surface area contributed by atoms with Crippen LogP contribution in [0.3, 0.4) is 0 Å². The maximum absolute atomic E-state index is 12.3. The maximum atomic E-state index is 12.3. The molecule has 0 aliphatic carbocycles. The number of nitrogens with zero attached hydrogens (tertiary/aromatic N) is 2. The number of carbonyl (C=O) groups is 2. The number of halogens is 2. The van der Waals surface area contributed by atoms with E-state index in [-0.39, 0.29) is 76.3 Å². The average Bonchev–Trinajstić information content (AvgIpc) is 2.89. The number of amides is 2. The van der Waals surface area contributed by atoms with Gasteiger partial charge in [0.15, 0.2) is 5.75 Å². The largest absolute Gasteiger partial charge is 1.00 e. The van der Waals surface area contributed by atoms with Crippen LogP contribution in [0.25, 0.3) is 0 Å². The number of benzene rings is 2. The number of nitrogens with one attached hydrogen (secondary N) is 2. The summed E-state index contributed by atoms with van der Waals surface area (Å²) in [7, 11) is -2.05. The van der Waals surface area contributed by atoms with E-state index < -0.39 is 22.2 Å². The Morgan fingerprint density at radius 2 is 1.34 bits per heavy atom. The molecule has 0 atom stereocenters. The molecule has 13 nitrogen and oxygen atoms in total. The van der Waals surface area contributed by atoms with Crippen LogP contribution in [-0.2, 0) is 32.8 Å². The Kier molecular flexibility index (Phi) is 17.3. The fourth-order valence-electron chi connectivity index (χ4n) is 2.94. The first kappa shape index (κ1) is 37.5. The maximum Gasteiger partial charge on any atom is 1.00 e. The van der Waals surface area contributed by atoms with Crippen molar-refractivity contribution in [3.63, 3.8) is 0 Å². The van der Waals surface area contributed by atoms with E-state index in [9.17, 15) is 38.1 Å². The van der Waals surface area contributed by atoms with Crippen LogP contribution in [0.4, 0.5) is 0 Å². The molecule has 2 amide bonds. The van der Waals surface area contributed by atoms with Crippen molar-refractivity contribution < 1.29 is 71.8 Å². The second kappa shape index (κ2) is 18.9. The summed E-state index contributed by atoms with van der Waals surface area (Å²) in [6.45, 7) is 0.575. The summed E-state index contributed by atoms with van der Waals surface area (Å²) in [4.78, 5) is 24.6. The number of aromatic hydroxyl groups is 1. The van der Waals surface area contributed by atoms with Gasteiger partial charge in [0, 0.05) is 37.4 Å². The number of hydrogen-bond acceptors (Lipinski definition) is 13. The van der Waals surface area contributed by atoms with Crippen LogP contribution < -0.4 is 44.4 Å². The van der Waals surface area contributed by atoms with E-state index in [2.05, 4.69) is 57.0 Å². The van der Waals surface area contributed by atoms with Crippen molar-refractivity contribution in [1.29, 1.82) is 0 Å². The van der Waals surface area contributed by atoms with Crippen LogP contribution in [0, 0.1) is 0 Å². The fourth-order valence-corrected chi connectivity index (χ4v) is 6.15. The van der Waals surface area contributed by atoms with Crippen molar-refractivity contribution in [2.45, 2.75) is 12.8 Å². The number of oxime groups is 2. The Hall–Kier alpha value is -1.51. The van der Waals surface area contributed by atoms with E-state index in [1.54, 1.807) is 12.1 Å². The van der Waals surface area contributed by atoms with Crippen molar-refractivity contribution in [1.82, 2.24) is 10.6 Å². The molecule has 0 unspecified atom stereocenters. The number of carbonyl (C=O) groups excluding carboxylic acids is 2. The quantitative estimate of drug-likeness (QED) is 0.0235. The van der Waals surface area contributed by atoms with E-state index >= 15 is 0 Å². The number of phenolic OH excluding ortho intramolecular Hbond substituents is 1. The van der Waals surface area contributed by atoms with Crippen molar-refractivity contribution in [2.24, 2.45) is 10.3 Å². The first-order chi connectivity index (χ1) is 18.9. The Labute approximate surface area is 282 Å². The van der Waals surface area contributed by atoms with Crippen molar-refractivity contribution in [3.8, 4) is 11.5 Å². The second-order valence-electron chi connectivity index (χ2n) is 7.64. The average molecular weight is 766 g/mol.